The third kappa shape index (κ3) is 5.07. The number of aryl methyl sites for hydroxylation is 1. The number of rotatable bonds is 7. The minimum Gasteiger partial charge on any atom is -0.378 e. The highest BCUT2D eigenvalue weighted by molar-refractivity contribution is 8.00. The maximum absolute atomic E-state index is 14.0. The van der Waals surface area contributed by atoms with Gasteiger partial charge in [0.1, 0.15) is 11.8 Å². The van der Waals surface area contributed by atoms with Crippen LogP contribution >= 0.6 is 23.1 Å². The summed E-state index contributed by atoms with van der Waals surface area (Å²) < 4.78 is 1.38. The lowest BCUT2D eigenvalue weighted by Gasteiger charge is -2.31. The Morgan fingerprint density at radius 3 is 2.30 bits per heavy atom. The highest BCUT2D eigenvalue weighted by atomic mass is 32.2. The molecular formula is C31H27N5O6S2. The quantitative estimate of drug-likeness (QED) is 0.178. The van der Waals surface area contributed by atoms with E-state index in [1.807, 2.05) is 68.4 Å². The molecule has 2 aliphatic heterocycles. The molecule has 1 fully saturated rings. The number of nitrogens with zero attached hydrogens (tertiary/aromatic N) is 4. The summed E-state index contributed by atoms with van der Waals surface area (Å²) in [4.78, 5) is 68.4. The van der Waals surface area contributed by atoms with Gasteiger partial charge in [-0.05, 0) is 48.4 Å². The second kappa shape index (κ2) is 11.4. The zero-order valence-corrected chi connectivity index (χ0v) is 25.6. The van der Waals surface area contributed by atoms with E-state index in [4.69, 9.17) is 0 Å². The van der Waals surface area contributed by atoms with Crippen molar-refractivity contribution in [2.24, 2.45) is 5.92 Å². The largest absolute Gasteiger partial charge is 0.378 e. The smallest absolute Gasteiger partial charge is 0.308 e. The summed E-state index contributed by atoms with van der Waals surface area (Å²) in [5.41, 5.74) is 3.29. The number of imide groups is 1. The van der Waals surface area contributed by atoms with Crippen molar-refractivity contribution >= 4 is 63.6 Å². The van der Waals surface area contributed by atoms with Crippen molar-refractivity contribution in [3.63, 3.8) is 0 Å². The van der Waals surface area contributed by atoms with E-state index in [0.29, 0.717) is 15.6 Å². The maximum atomic E-state index is 14.0. The lowest BCUT2D eigenvalue weighted by molar-refractivity contribution is -0.384. The zero-order chi connectivity index (χ0) is 31.3. The molecule has 0 bridgehead atoms. The predicted molar refractivity (Wildman–Crippen MR) is 170 cm³/mol. The molecule has 224 valence electrons. The Hall–Kier alpha value is -4.75. The lowest BCUT2D eigenvalue weighted by atomic mass is 9.83. The SMILES string of the molecule is Cc1ccccc1NC(=O)Cn1c2c(sc1=O)C(c1ccc(N(C)C)cc1)C1C(=O)N(c3ccc([N+](=O)[O-])cc3)C(=O)C1S2. The van der Waals surface area contributed by atoms with Crippen molar-refractivity contribution in [3.8, 4) is 0 Å². The Kier molecular flexibility index (Phi) is 7.59. The fourth-order valence-electron chi connectivity index (χ4n) is 5.62. The van der Waals surface area contributed by atoms with Crippen LogP contribution in [-0.2, 0) is 20.9 Å². The van der Waals surface area contributed by atoms with Gasteiger partial charge < -0.3 is 10.2 Å². The fraction of sp³-hybridized carbons (Fsp3) is 0.226. The van der Waals surface area contributed by atoms with Gasteiger partial charge in [-0.25, -0.2) is 4.90 Å². The van der Waals surface area contributed by atoms with Crippen LogP contribution in [-0.4, -0.2) is 46.6 Å². The zero-order valence-electron chi connectivity index (χ0n) is 23.9. The number of hydrogen-bond donors (Lipinski definition) is 1. The average Bonchev–Trinajstić information content (AvgIpc) is 3.44. The van der Waals surface area contributed by atoms with Crippen molar-refractivity contribution in [2.45, 2.75) is 29.7 Å². The second-order valence-electron chi connectivity index (χ2n) is 10.8. The minimum absolute atomic E-state index is 0.159. The molecule has 3 atom stereocenters. The number of anilines is 3. The van der Waals surface area contributed by atoms with Gasteiger partial charge in [0.15, 0.2) is 0 Å². The van der Waals surface area contributed by atoms with Gasteiger partial charge in [-0.15, -0.1) is 0 Å². The Balaban J connectivity index is 1.41. The van der Waals surface area contributed by atoms with Crippen LogP contribution < -0.4 is 20.0 Å². The van der Waals surface area contributed by atoms with E-state index in [2.05, 4.69) is 5.32 Å². The van der Waals surface area contributed by atoms with Crippen molar-refractivity contribution in [1.29, 1.82) is 0 Å². The molecule has 3 aromatic carbocycles. The topological polar surface area (TPSA) is 135 Å². The molecule has 3 heterocycles. The van der Waals surface area contributed by atoms with Crippen LogP contribution in [0.2, 0.25) is 0 Å². The van der Waals surface area contributed by atoms with E-state index in [-0.39, 0.29) is 22.8 Å². The van der Waals surface area contributed by atoms with Crippen molar-refractivity contribution in [2.75, 3.05) is 29.2 Å². The maximum Gasteiger partial charge on any atom is 0.308 e. The van der Waals surface area contributed by atoms with E-state index in [1.54, 1.807) is 6.07 Å². The number of carbonyl (C=O) groups excluding carboxylic acids is 3. The minimum atomic E-state index is -0.872. The van der Waals surface area contributed by atoms with Crippen LogP contribution in [0.25, 0.3) is 0 Å². The van der Waals surface area contributed by atoms with E-state index in [0.717, 1.165) is 44.8 Å². The molecule has 1 aromatic heterocycles. The molecule has 4 aromatic rings. The Labute approximate surface area is 260 Å². The highest BCUT2D eigenvalue weighted by Gasteiger charge is 2.56. The van der Waals surface area contributed by atoms with Crippen molar-refractivity contribution in [3.05, 3.63) is 109 Å². The molecule has 0 saturated carbocycles. The van der Waals surface area contributed by atoms with Gasteiger partial charge in [0.2, 0.25) is 17.7 Å². The standard InChI is InChI=1S/C31H27N5O6S2/c1-17-6-4-5-7-22(17)32-23(37)16-34-30-27(44-31(34)40)24(18-8-10-19(11-9-18)33(2)3)25-26(43-30)29(39)35(28(25)38)20-12-14-21(15-13-20)36(41)42/h4-15,24-26H,16H2,1-3H3,(H,32,37). The average molecular weight is 630 g/mol. The Morgan fingerprint density at radius 2 is 1.66 bits per heavy atom. The van der Waals surface area contributed by atoms with Crippen LogP contribution in [0.1, 0.15) is 21.9 Å². The molecule has 44 heavy (non-hydrogen) atoms. The molecule has 1 N–H and O–H groups in total. The summed E-state index contributed by atoms with van der Waals surface area (Å²) in [5.74, 6) is -2.76. The second-order valence-corrected chi connectivity index (χ2v) is 12.9. The molecule has 0 radical (unpaired) electrons. The molecular weight excluding hydrogens is 603 g/mol. The van der Waals surface area contributed by atoms with Gasteiger partial charge >= 0.3 is 4.87 Å². The first kappa shape index (κ1) is 29.3. The number of carbonyl (C=O) groups is 3. The number of fused-ring (bicyclic) bond motifs is 2. The summed E-state index contributed by atoms with van der Waals surface area (Å²) in [6.07, 6.45) is 0. The number of nitro groups is 1. The number of benzene rings is 3. The molecule has 13 heteroatoms. The normalized spacial score (nSPS) is 19.0. The highest BCUT2D eigenvalue weighted by Crippen LogP contribution is 2.54. The molecule has 11 nitrogen and oxygen atoms in total. The monoisotopic (exact) mass is 629 g/mol. The van der Waals surface area contributed by atoms with Crippen LogP contribution in [0.3, 0.4) is 0 Å². The summed E-state index contributed by atoms with van der Waals surface area (Å²) in [7, 11) is 3.82. The molecule has 1 saturated heterocycles. The third-order valence-corrected chi connectivity index (χ3v) is 10.5. The van der Waals surface area contributed by atoms with Crippen LogP contribution in [0.4, 0.5) is 22.7 Å². The van der Waals surface area contributed by atoms with Crippen molar-refractivity contribution < 1.29 is 19.3 Å². The predicted octanol–water partition coefficient (Wildman–Crippen LogP) is 4.63. The van der Waals surface area contributed by atoms with Crippen LogP contribution in [0, 0.1) is 23.0 Å². The lowest BCUT2D eigenvalue weighted by Crippen LogP contribution is -2.33. The molecule has 2 aliphatic rings. The van der Waals surface area contributed by atoms with Gasteiger partial charge in [-0.2, -0.15) is 0 Å². The van der Waals surface area contributed by atoms with E-state index >= 15 is 0 Å². The number of nitrogens with one attached hydrogen (secondary N) is 1. The number of para-hydroxylation sites is 1. The van der Waals surface area contributed by atoms with Crippen molar-refractivity contribution in [1.82, 2.24) is 4.57 Å². The first-order chi connectivity index (χ1) is 21.0. The third-order valence-electron chi connectivity index (χ3n) is 7.86. The first-order valence-corrected chi connectivity index (χ1v) is 15.4. The van der Waals surface area contributed by atoms with E-state index in [1.165, 1.54) is 28.8 Å². The van der Waals surface area contributed by atoms with Crippen LogP contribution in [0.15, 0.2) is 82.6 Å². The molecule has 6 rings (SSSR count). The number of non-ortho nitro benzene ring substituents is 1. The van der Waals surface area contributed by atoms with Crippen LogP contribution in [0.5, 0.6) is 0 Å². The number of hydrogen-bond acceptors (Lipinski definition) is 9. The van der Waals surface area contributed by atoms with Gasteiger partial charge in [0, 0.05) is 48.4 Å². The molecule has 3 amide bonds. The van der Waals surface area contributed by atoms with E-state index < -0.39 is 39.7 Å². The molecule has 0 spiro atoms. The van der Waals surface area contributed by atoms with E-state index in [9.17, 15) is 29.3 Å². The van der Waals surface area contributed by atoms with Gasteiger partial charge in [0.25, 0.3) is 5.69 Å². The number of thioether (sulfide) groups is 1. The van der Waals surface area contributed by atoms with Gasteiger partial charge in [-0.1, -0.05) is 53.4 Å². The van der Waals surface area contributed by atoms with Gasteiger partial charge in [0.05, 0.1) is 21.6 Å². The Morgan fingerprint density at radius 1 is 0.977 bits per heavy atom. The number of nitro benzene ring substituents is 1. The summed E-state index contributed by atoms with van der Waals surface area (Å²) in [6, 6.07) is 20.2. The Bertz CT molecular complexity index is 1870. The van der Waals surface area contributed by atoms with Gasteiger partial charge in [-0.3, -0.25) is 33.9 Å². The summed E-state index contributed by atoms with van der Waals surface area (Å²) >= 11 is 2.09. The number of amides is 3. The summed E-state index contributed by atoms with van der Waals surface area (Å²) in [5, 5.41) is 13.7. The fourth-order valence-corrected chi connectivity index (χ4v) is 8.39. The molecule has 0 aliphatic carbocycles. The first-order valence-electron chi connectivity index (χ1n) is 13.7. The summed E-state index contributed by atoms with van der Waals surface area (Å²) in [6.45, 7) is 1.61. The number of thiazole rings is 1. The number of aromatic nitrogens is 1. The molecule has 3 unspecified atom stereocenters.